The minimum absolute atomic E-state index is 0.0199. The smallest absolute Gasteiger partial charge is 0.275 e. The van der Waals surface area contributed by atoms with Crippen LogP contribution in [0.4, 0.5) is 11.4 Å². The van der Waals surface area contributed by atoms with Crippen molar-refractivity contribution in [2.24, 2.45) is 14.1 Å². The van der Waals surface area contributed by atoms with Crippen LogP contribution in [0.3, 0.4) is 0 Å². The Kier molecular flexibility index (Phi) is 5.31. The SMILES string of the molecule is COc1cc([N+](=O)[O-])cc2c1c1c3c(OC)cc(=[N+](C)C)cc3n(C)c3cc(N(C)C)cc(c13)n2C. The summed E-state index contributed by atoms with van der Waals surface area (Å²) in [7, 11) is 15.2. The molecule has 0 spiro atoms. The molecule has 0 saturated heterocycles. The summed E-state index contributed by atoms with van der Waals surface area (Å²) in [5.74, 6) is 1.17. The van der Waals surface area contributed by atoms with E-state index in [9.17, 15) is 10.1 Å². The molecular formula is C27H30N5O4+. The van der Waals surface area contributed by atoms with Crippen molar-refractivity contribution >= 4 is 55.0 Å². The number of hydrogen-bond acceptors (Lipinski definition) is 5. The summed E-state index contributed by atoms with van der Waals surface area (Å²) in [6.45, 7) is 0. The lowest BCUT2D eigenvalue weighted by Gasteiger charge is -2.24. The van der Waals surface area contributed by atoms with Gasteiger partial charge in [-0.2, -0.15) is 0 Å². The zero-order valence-corrected chi connectivity index (χ0v) is 21.8. The molecule has 36 heavy (non-hydrogen) atoms. The molecule has 5 aromatic rings. The van der Waals surface area contributed by atoms with Crippen molar-refractivity contribution in [3.63, 3.8) is 0 Å². The fraction of sp³-hybridized carbons (Fsp3) is 0.296. The fourth-order valence-corrected chi connectivity index (χ4v) is 5.17. The number of nitro benzene ring substituents is 1. The number of aryl methyl sites for hydroxylation is 2. The van der Waals surface area contributed by atoms with Crippen LogP contribution in [0, 0.1) is 10.1 Å². The molecule has 3 aromatic carbocycles. The molecule has 2 heterocycles. The van der Waals surface area contributed by atoms with Crippen LogP contribution in [0.15, 0.2) is 36.4 Å². The highest BCUT2D eigenvalue weighted by Crippen LogP contribution is 2.46. The maximum absolute atomic E-state index is 11.8. The first kappa shape index (κ1) is 23.5. The number of aromatic nitrogens is 2. The number of hydrogen-bond donors (Lipinski definition) is 0. The van der Waals surface area contributed by atoms with Crippen LogP contribution in [0.1, 0.15) is 0 Å². The van der Waals surface area contributed by atoms with Gasteiger partial charge in [-0.1, -0.05) is 0 Å². The van der Waals surface area contributed by atoms with E-state index < -0.39 is 0 Å². The molecule has 0 aliphatic heterocycles. The third-order valence-corrected chi connectivity index (χ3v) is 7.09. The average Bonchev–Trinajstić information content (AvgIpc) is 2.86. The Hall–Kier alpha value is -4.27. The first-order valence-electron chi connectivity index (χ1n) is 11.6. The van der Waals surface area contributed by atoms with E-state index in [1.807, 2.05) is 50.4 Å². The van der Waals surface area contributed by atoms with E-state index in [0.29, 0.717) is 11.3 Å². The molecule has 0 aliphatic carbocycles. The van der Waals surface area contributed by atoms with Gasteiger partial charge in [-0.05, 0) is 12.1 Å². The van der Waals surface area contributed by atoms with Crippen molar-refractivity contribution in [3.8, 4) is 11.5 Å². The van der Waals surface area contributed by atoms with E-state index in [2.05, 4.69) is 34.7 Å². The van der Waals surface area contributed by atoms with Gasteiger partial charge in [0.1, 0.15) is 25.6 Å². The van der Waals surface area contributed by atoms with E-state index in [1.54, 1.807) is 20.3 Å². The normalized spacial score (nSPS) is 11.6. The summed E-state index contributed by atoms with van der Waals surface area (Å²) in [4.78, 5) is 13.5. The number of benzene rings is 3. The number of anilines is 1. The summed E-state index contributed by atoms with van der Waals surface area (Å²) < 4.78 is 18.0. The number of methoxy groups -OCH3 is 2. The molecule has 9 heteroatoms. The Balaban J connectivity index is 2.25. The van der Waals surface area contributed by atoms with Crippen molar-refractivity contribution in [1.29, 1.82) is 0 Å². The van der Waals surface area contributed by atoms with Crippen LogP contribution in [-0.2, 0) is 14.1 Å². The second kappa shape index (κ2) is 8.15. The Labute approximate surface area is 208 Å². The first-order valence-corrected chi connectivity index (χ1v) is 11.6. The van der Waals surface area contributed by atoms with Gasteiger partial charge in [0.25, 0.3) is 5.69 Å². The molecule has 0 bridgehead atoms. The fourth-order valence-electron chi connectivity index (χ4n) is 5.17. The van der Waals surface area contributed by atoms with Gasteiger partial charge in [-0.25, -0.2) is 4.58 Å². The van der Waals surface area contributed by atoms with Gasteiger partial charge in [0.15, 0.2) is 0 Å². The lowest BCUT2D eigenvalue weighted by molar-refractivity contribution is -0.384. The highest BCUT2D eigenvalue weighted by atomic mass is 16.6. The summed E-state index contributed by atoms with van der Waals surface area (Å²) in [6.07, 6.45) is 0. The maximum atomic E-state index is 11.8. The second-order valence-electron chi connectivity index (χ2n) is 9.48. The molecule has 0 unspecified atom stereocenters. The van der Waals surface area contributed by atoms with Gasteiger partial charge in [0.05, 0.1) is 53.3 Å². The third-order valence-electron chi connectivity index (χ3n) is 7.09. The molecular weight excluding hydrogens is 458 g/mol. The monoisotopic (exact) mass is 488 g/mol. The zero-order chi connectivity index (χ0) is 26.0. The van der Waals surface area contributed by atoms with Crippen LogP contribution in [0.5, 0.6) is 11.5 Å². The topological polar surface area (TPSA) is 77.7 Å². The predicted octanol–water partition coefficient (Wildman–Crippen LogP) is 4.00. The third kappa shape index (κ3) is 3.19. The number of nitro groups is 1. The second-order valence-corrected chi connectivity index (χ2v) is 9.48. The van der Waals surface area contributed by atoms with Crippen molar-refractivity contribution in [2.45, 2.75) is 0 Å². The van der Waals surface area contributed by atoms with Gasteiger partial charge in [0.2, 0.25) is 5.36 Å². The average molecular weight is 489 g/mol. The molecule has 0 saturated carbocycles. The number of fused-ring (bicyclic) bond motifs is 4. The molecule has 5 rings (SSSR count). The lowest BCUT2D eigenvalue weighted by atomic mass is 9.96. The largest absolute Gasteiger partial charge is 0.496 e. The van der Waals surface area contributed by atoms with Gasteiger partial charge >= 0.3 is 0 Å². The first-order chi connectivity index (χ1) is 17.1. The minimum Gasteiger partial charge on any atom is -0.496 e. The summed E-state index contributed by atoms with van der Waals surface area (Å²) in [5.41, 5.74) is 4.69. The van der Waals surface area contributed by atoms with Crippen molar-refractivity contribution in [3.05, 3.63) is 51.9 Å². The molecule has 0 aliphatic rings. The Morgan fingerprint density at radius 3 is 1.72 bits per heavy atom. The number of rotatable bonds is 4. The molecule has 0 radical (unpaired) electrons. The number of ether oxygens (including phenoxy) is 2. The van der Waals surface area contributed by atoms with Gasteiger partial charge in [-0.3, -0.25) is 10.1 Å². The highest BCUT2D eigenvalue weighted by Gasteiger charge is 2.24. The van der Waals surface area contributed by atoms with Crippen LogP contribution < -0.4 is 24.3 Å². The van der Waals surface area contributed by atoms with Crippen LogP contribution in [0.25, 0.3) is 43.6 Å². The van der Waals surface area contributed by atoms with Gasteiger partial charge in [-0.15, -0.1) is 0 Å². The zero-order valence-electron chi connectivity index (χ0n) is 21.8. The predicted molar refractivity (Wildman–Crippen MR) is 146 cm³/mol. The van der Waals surface area contributed by atoms with E-state index >= 15 is 0 Å². The van der Waals surface area contributed by atoms with E-state index in [4.69, 9.17) is 9.47 Å². The van der Waals surface area contributed by atoms with E-state index in [1.165, 1.54) is 6.07 Å². The number of nitrogens with zero attached hydrogens (tertiary/aromatic N) is 5. The van der Waals surface area contributed by atoms with Crippen molar-refractivity contribution in [1.82, 2.24) is 13.7 Å². The minimum atomic E-state index is -0.384. The van der Waals surface area contributed by atoms with Crippen molar-refractivity contribution in [2.75, 3.05) is 47.3 Å². The molecule has 2 aromatic heterocycles. The number of non-ortho nitro benzene ring substituents is 1. The van der Waals surface area contributed by atoms with E-state index in [0.717, 1.165) is 54.9 Å². The molecule has 0 atom stereocenters. The summed E-state index contributed by atoms with van der Waals surface area (Å²) in [6, 6.07) is 11.6. The molecule has 0 amide bonds. The summed E-state index contributed by atoms with van der Waals surface area (Å²) >= 11 is 0. The van der Waals surface area contributed by atoms with Crippen molar-refractivity contribution < 1.29 is 14.4 Å². The highest BCUT2D eigenvalue weighted by molar-refractivity contribution is 6.30. The Bertz CT molecular complexity index is 1810. The number of pyridine rings is 2. The summed E-state index contributed by atoms with van der Waals surface area (Å²) in [5, 5.41) is 16.5. The maximum Gasteiger partial charge on any atom is 0.275 e. The van der Waals surface area contributed by atoms with Gasteiger partial charge < -0.3 is 23.5 Å². The standard InChI is InChI=1S/C27H30N5O4/c1-28(2)15-9-18-24-19(10-15)31(6)21-12-17(32(33)34)14-23(36-8)26(21)27(24)25-20(30(18)5)11-16(29(3)4)13-22(25)35-7/h9-14H,1-8H3/q+1. The molecule has 0 fully saturated rings. The van der Waals surface area contributed by atoms with Crippen LogP contribution >= 0.6 is 0 Å². The molecule has 9 nitrogen and oxygen atoms in total. The lowest BCUT2D eigenvalue weighted by Crippen LogP contribution is -2.22. The van der Waals surface area contributed by atoms with E-state index in [-0.39, 0.29) is 10.6 Å². The Morgan fingerprint density at radius 1 is 0.750 bits per heavy atom. The van der Waals surface area contributed by atoms with Gasteiger partial charge in [0, 0.05) is 67.6 Å². The Morgan fingerprint density at radius 2 is 1.25 bits per heavy atom. The van der Waals surface area contributed by atoms with Crippen LogP contribution in [-0.4, -0.2) is 56.5 Å². The molecule has 0 N–H and O–H groups in total. The van der Waals surface area contributed by atoms with Crippen LogP contribution in [0.2, 0.25) is 0 Å². The quantitative estimate of drug-likeness (QED) is 0.126. The molecule has 186 valence electrons.